The summed E-state index contributed by atoms with van der Waals surface area (Å²) >= 11 is 0. The highest BCUT2D eigenvalue weighted by Crippen LogP contribution is 2.20. The molecule has 25 heavy (non-hydrogen) atoms. The molecule has 0 aliphatic heterocycles. The minimum absolute atomic E-state index is 0.0173. The minimum Gasteiger partial charge on any atom is -0.494 e. The fourth-order valence-electron chi connectivity index (χ4n) is 2.80. The molecule has 4 heteroatoms. The van der Waals surface area contributed by atoms with Crippen molar-refractivity contribution in [1.82, 2.24) is 0 Å². The number of ether oxygens (including phenoxy) is 1. The van der Waals surface area contributed by atoms with Crippen molar-refractivity contribution in [1.29, 1.82) is 0 Å². The quantitative estimate of drug-likeness (QED) is 0.601. The van der Waals surface area contributed by atoms with Crippen molar-refractivity contribution in [3.05, 3.63) is 53.5 Å². The standard InChI is InChI=1S/C21H26O4/c1-4-20(22)19(21(23)5-2)14-18-12-11-17(25-18)13-15-7-9-16(10-8-15)24-6-3/h7-12,19H,4-6,13-14H2,1-3H3. The number of ketones is 2. The molecule has 4 nitrogen and oxygen atoms in total. The first-order valence-electron chi connectivity index (χ1n) is 8.92. The Balaban J connectivity index is 2.03. The van der Waals surface area contributed by atoms with Crippen molar-refractivity contribution in [2.45, 2.75) is 46.5 Å². The largest absolute Gasteiger partial charge is 0.494 e. The van der Waals surface area contributed by atoms with E-state index in [0.717, 1.165) is 17.1 Å². The summed E-state index contributed by atoms with van der Waals surface area (Å²) in [6.45, 7) is 6.18. The van der Waals surface area contributed by atoms with Gasteiger partial charge in [0.1, 0.15) is 28.8 Å². The molecule has 0 fully saturated rings. The van der Waals surface area contributed by atoms with Crippen LogP contribution in [0.5, 0.6) is 5.75 Å². The van der Waals surface area contributed by atoms with Crippen molar-refractivity contribution >= 4 is 11.6 Å². The summed E-state index contributed by atoms with van der Waals surface area (Å²) in [7, 11) is 0. The Morgan fingerprint density at radius 1 is 0.920 bits per heavy atom. The molecule has 1 heterocycles. The second kappa shape index (κ2) is 9.21. The molecule has 0 aliphatic rings. The Hall–Kier alpha value is -2.36. The lowest BCUT2D eigenvalue weighted by Gasteiger charge is -2.11. The molecule has 0 saturated heterocycles. The fraction of sp³-hybridized carbons (Fsp3) is 0.429. The van der Waals surface area contributed by atoms with E-state index in [4.69, 9.17) is 9.15 Å². The predicted octanol–water partition coefficient (Wildman–Crippen LogP) is 4.39. The van der Waals surface area contributed by atoms with Crippen LogP contribution in [-0.2, 0) is 22.4 Å². The Morgan fingerprint density at radius 2 is 1.52 bits per heavy atom. The van der Waals surface area contributed by atoms with Gasteiger partial charge in [0.25, 0.3) is 0 Å². The number of carbonyl (C=O) groups excluding carboxylic acids is 2. The summed E-state index contributed by atoms with van der Waals surface area (Å²) < 4.78 is 11.3. The molecule has 134 valence electrons. The van der Waals surface area contributed by atoms with Crippen molar-refractivity contribution in [2.75, 3.05) is 6.61 Å². The maximum Gasteiger partial charge on any atom is 0.143 e. The molecule has 0 bridgehead atoms. The molecule has 0 aliphatic carbocycles. The van der Waals surface area contributed by atoms with E-state index in [2.05, 4.69) is 0 Å². The smallest absolute Gasteiger partial charge is 0.143 e. The first kappa shape index (κ1) is 19.0. The minimum atomic E-state index is -0.584. The molecule has 0 radical (unpaired) electrons. The summed E-state index contributed by atoms with van der Waals surface area (Å²) in [5.41, 5.74) is 1.12. The molecule has 1 aromatic heterocycles. The summed E-state index contributed by atoms with van der Waals surface area (Å²) in [6.07, 6.45) is 1.76. The number of rotatable bonds is 10. The van der Waals surface area contributed by atoms with E-state index in [1.54, 1.807) is 13.8 Å². The molecule has 1 aromatic carbocycles. The van der Waals surface area contributed by atoms with Crippen LogP contribution in [-0.4, -0.2) is 18.2 Å². The van der Waals surface area contributed by atoms with E-state index < -0.39 is 5.92 Å². The average molecular weight is 342 g/mol. The first-order valence-corrected chi connectivity index (χ1v) is 8.92. The normalized spacial score (nSPS) is 10.9. The van der Waals surface area contributed by atoms with Crippen LogP contribution in [0.2, 0.25) is 0 Å². The third-order valence-electron chi connectivity index (χ3n) is 4.21. The highest BCUT2D eigenvalue weighted by atomic mass is 16.5. The van der Waals surface area contributed by atoms with Crippen LogP contribution in [0.25, 0.3) is 0 Å². The third-order valence-corrected chi connectivity index (χ3v) is 4.21. The van der Waals surface area contributed by atoms with Gasteiger partial charge < -0.3 is 9.15 Å². The van der Waals surface area contributed by atoms with Gasteiger partial charge >= 0.3 is 0 Å². The zero-order chi connectivity index (χ0) is 18.2. The van der Waals surface area contributed by atoms with Crippen molar-refractivity contribution in [2.24, 2.45) is 5.92 Å². The highest BCUT2D eigenvalue weighted by Gasteiger charge is 2.25. The summed E-state index contributed by atoms with van der Waals surface area (Å²) in [5, 5.41) is 0. The van der Waals surface area contributed by atoms with Gasteiger partial charge in [-0.25, -0.2) is 0 Å². The summed E-state index contributed by atoms with van der Waals surface area (Å²) in [4.78, 5) is 24.1. The zero-order valence-electron chi connectivity index (χ0n) is 15.2. The van der Waals surface area contributed by atoms with E-state index in [1.165, 1.54) is 0 Å². The van der Waals surface area contributed by atoms with Gasteiger partial charge in [-0.1, -0.05) is 26.0 Å². The Kier molecular flexibility index (Phi) is 6.99. The lowest BCUT2D eigenvalue weighted by molar-refractivity contribution is -0.132. The molecule has 0 amide bonds. The lowest BCUT2D eigenvalue weighted by atomic mass is 9.91. The molecule has 0 N–H and O–H groups in total. The second-order valence-corrected chi connectivity index (χ2v) is 6.02. The Bertz CT molecular complexity index is 681. The summed E-state index contributed by atoms with van der Waals surface area (Å²) in [5.74, 6) is 1.75. The lowest BCUT2D eigenvalue weighted by Crippen LogP contribution is -2.25. The van der Waals surface area contributed by atoms with Crippen LogP contribution in [0, 0.1) is 5.92 Å². The zero-order valence-corrected chi connectivity index (χ0v) is 15.2. The van der Waals surface area contributed by atoms with E-state index in [9.17, 15) is 9.59 Å². The number of hydrogen-bond acceptors (Lipinski definition) is 4. The molecular weight excluding hydrogens is 316 g/mol. The first-order chi connectivity index (χ1) is 12.1. The molecule has 0 spiro atoms. The van der Waals surface area contributed by atoms with Gasteiger partial charge in [0.05, 0.1) is 12.5 Å². The van der Waals surface area contributed by atoms with Crippen LogP contribution in [0.4, 0.5) is 0 Å². The molecule has 0 unspecified atom stereocenters. The van der Waals surface area contributed by atoms with Crippen molar-refractivity contribution in [3.63, 3.8) is 0 Å². The Morgan fingerprint density at radius 3 is 2.08 bits per heavy atom. The van der Waals surface area contributed by atoms with E-state index >= 15 is 0 Å². The van der Waals surface area contributed by atoms with Gasteiger partial charge in [-0.2, -0.15) is 0 Å². The SMILES string of the molecule is CCOc1ccc(Cc2ccc(CC(C(=O)CC)C(=O)CC)o2)cc1. The van der Waals surface area contributed by atoms with E-state index in [0.29, 0.717) is 38.1 Å². The molecule has 2 aromatic rings. The highest BCUT2D eigenvalue weighted by molar-refractivity contribution is 6.02. The van der Waals surface area contributed by atoms with Crippen LogP contribution in [0.1, 0.15) is 50.7 Å². The second-order valence-electron chi connectivity index (χ2n) is 6.02. The van der Waals surface area contributed by atoms with Gasteiger partial charge in [0, 0.05) is 25.7 Å². The number of Topliss-reactive ketones (excluding diaryl/α,β-unsaturated/α-hetero) is 2. The van der Waals surface area contributed by atoms with Crippen LogP contribution < -0.4 is 4.74 Å². The monoisotopic (exact) mass is 342 g/mol. The number of hydrogen-bond donors (Lipinski definition) is 0. The van der Waals surface area contributed by atoms with E-state index in [-0.39, 0.29) is 11.6 Å². The maximum atomic E-state index is 12.0. The van der Waals surface area contributed by atoms with Gasteiger partial charge in [-0.3, -0.25) is 9.59 Å². The fourth-order valence-corrected chi connectivity index (χ4v) is 2.80. The number of carbonyl (C=O) groups is 2. The number of benzene rings is 1. The van der Waals surface area contributed by atoms with Crippen LogP contribution in [0.15, 0.2) is 40.8 Å². The average Bonchev–Trinajstić information content (AvgIpc) is 3.07. The predicted molar refractivity (Wildman–Crippen MR) is 96.9 cm³/mol. The van der Waals surface area contributed by atoms with Crippen LogP contribution >= 0.6 is 0 Å². The topological polar surface area (TPSA) is 56.5 Å². The third kappa shape index (κ3) is 5.31. The van der Waals surface area contributed by atoms with Gasteiger partial charge in [-0.15, -0.1) is 0 Å². The Labute approximate surface area is 149 Å². The molecule has 2 rings (SSSR count). The maximum absolute atomic E-state index is 12.0. The number of furan rings is 1. The summed E-state index contributed by atoms with van der Waals surface area (Å²) in [6, 6.07) is 11.7. The van der Waals surface area contributed by atoms with Gasteiger partial charge in [0.15, 0.2) is 0 Å². The van der Waals surface area contributed by atoms with Gasteiger partial charge in [0.2, 0.25) is 0 Å². The molecule has 0 atom stereocenters. The van der Waals surface area contributed by atoms with Crippen LogP contribution in [0.3, 0.4) is 0 Å². The van der Waals surface area contributed by atoms with E-state index in [1.807, 2.05) is 43.3 Å². The molecular formula is C21H26O4. The van der Waals surface area contributed by atoms with Crippen molar-refractivity contribution in [3.8, 4) is 5.75 Å². The molecule has 0 saturated carbocycles. The van der Waals surface area contributed by atoms with Crippen molar-refractivity contribution < 1.29 is 18.7 Å². The van der Waals surface area contributed by atoms with Gasteiger partial charge in [-0.05, 0) is 36.8 Å².